The van der Waals surface area contributed by atoms with Crippen LogP contribution in [0.25, 0.3) is 22.6 Å². The van der Waals surface area contributed by atoms with Crippen LogP contribution >= 0.6 is 0 Å². The number of benzene rings is 2. The normalized spacial score (nSPS) is 11.0. The van der Waals surface area contributed by atoms with Crippen LogP contribution in [0.4, 0.5) is 0 Å². The van der Waals surface area contributed by atoms with Crippen LogP contribution in [-0.2, 0) is 24.4 Å². The van der Waals surface area contributed by atoms with E-state index in [0.29, 0.717) is 36.6 Å². The number of aryl methyl sites for hydroxylation is 1. The van der Waals surface area contributed by atoms with E-state index in [1.54, 1.807) is 15.7 Å². The molecule has 4 rings (SSSR count). The molecule has 1 amide bonds. The van der Waals surface area contributed by atoms with Crippen molar-refractivity contribution >= 4 is 17.1 Å². The number of carbonyl (C=O) groups is 1. The third-order valence-electron chi connectivity index (χ3n) is 5.35. The van der Waals surface area contributed by atoms with Gasteiger partial charge in [0, 0.05) is 25.2 Å². The van der Waals surface area contributed by atoms with Gasteiger partial charge in [0.15, 0.2) is 11.5 Å². The summed E-state index contributed by atoms with van der Waals surface area (Å²) in [5, 5.41) is 0. The topological polar surface area (TPSA) is 73.0 Å². The van der Waals surface area contributed by atoms with E-state index in [1.165, 1.54) is 4.57 Å². The number of imidazole rings is 1. The maximum Gasteiger partial charge on any atom is 0.330 e. The Bertz CT molecular complexity index is 1250. The molecule has 0 N–H and O–H groups in total. The fourth-order valence-electron chi connectivity index (χ4n) is 3.68. The van der Waals surface area contributed by atoms with Crippen molar-refractivity contribution < 1.29 is 4.79 Å². The molecule has 0 atom stereocenters. The van der Waals surface area contributed by atoms with Gasteiger partial charge in [-0.2, -0.15) is 0 Å². The molecule has 0 radical (unpaired) electrons. The summed E-state index contributed by atoms with van der Waals surface area (Å²) >= 11 is 0. The highest BCUT2D eigenvalue weighted by Crippen LogP contribution is 2.18. The van der Waals surface area contributed by atoms with Crippen LogP contribution in [0.3, 0.4) is 0 Å². The molecule has 0 unspecified atom stereocenters. The fraction of sp³-hybridized carbons (Fsp3) is 0.250. The second-order valence-electron chi connectivity index (χ2n) is 7.27. The molecule has 7 heteroatoms. The molecule has 7 nitrogen and oxygen atoms in total. The first-order valence-electron chi connectivity index (χ1n) is 10.5. The molecule has 2 aromatic carbocycles. The predicted molar refractivity (Wildman–Crippen MR) is 120 cm³/mol. The number of rotatable bonds is 7. The zero-order valence-electron chi connectivity index (χ0n) is 17.7. The zero-order chi connectivity index (χ0) is 21.8. The second-order valence-corrected chi connectivity index (χ2v) is 7.27. The average molecular weight is 415 g/mol. The first kappa shape index (κ1) is 20.5. The highest BCUT2D eigenvalue weighted by molar-refractivity contribution is 5.79. The van der Waals surface area contributed by atoms with Crippen LogP contribution in [0.1, 0.15) is 19.4 Å². The minimum atomic E-state index is -0.249. The fourth-order valence-corrected chi connectivity index (χ4v) is 3.68. The molecule has 0 aliphatic rings. The molecule has 0 bridgehead atoms. The third-order valence-corrected chi connectivity index (χ3v) is 5.35. The Kier molecular flexibility index (Phi) is 5.93. The van der Waals surface area contributed by atoms with E-state index in [2.05, 4.69) is 9.97 Å². The summed E-state index contributed by atoms with van der Waals surface area (Å²) in [5.74, 6) is 0.405. The Morgan fingerprint density at radius 3 is 2.29 bits per heavy atom. The van der Waals surface area contributed by atoms with Crippen molar-refractivity contribution in [3.05, 3.63) is 82.9 Å². The summed E-state index contributed by atoms with van der Waals surface area (Å²) in [7, 11) is 0. The van der Waals surface area contributed by atoms with Crippen LogP contribution in [-0.4, -0.2) is 36.5 Å². The number of amides is 1. The summed E-state index contributed by atoms with van der Waals surface area (Å²) in [6, 6.07) is 19.4. The van der Waals surface area contributed by atoms with E-state index in [9.17, 15) is 9.59 Å². The molecule has 0 saturated heterocycles. The molecule has 158 valence electrons. The van der Waals surface area contributed by atoms with Crippen LogP contribution in [0.15, 0.2) is 71.7 Å². The molecular weight excluding hydrogens is 390 g/mol. The van der Waals surface area contributed by atoms with E-state index in [1.807, 2.05) is 74.5 Å². The number of likely N-dealkylation sites (N-methyl/N-ethyl adjacent to an activating group) is 1. The largest absolute Gasteiger partial charge is 0.337 e. The lowest BCUT2D eigenvalue weighted by Gasteiger charge is -2.21. The van der Waals surface area contributed by atoms with Gasteiger partial charge < -0.3 is 4.90 Å². The number of hydrogen-bond donors (Lipinski definition) is 0. The Morgan fingerprint density at radius 2 is 1.65 bits per heavy atom. The Hall–Kier alpha value is -3.74. The first-order valence-corrected chi connectivity index (χ1v) is 10.5. The van der Waals surface area contributed by atoms with Gasteiger partial charge in [0.05, 0.1) is 6.20 Å². The monoisotopic (exact) mass is 415 g/mol. The van der Waals surface area contributed by atoms with E-state index < -0.39 is 0 Å². The highest BCUT2D eigenvalue weighted by atomic mass is 16.2. The molecule has 0 aliphatic carbocycles. The van der Waals surface area contributed by atoms with E-state index in [4.69, 9.17) is 0 Å². The predicted octanol–water partition coefficient (Wildman–Crippen LogP) is 3.33. The lowest BCUT2D eigenvalue weighted by molar-refractivity contribution is -0.132. The molecule has 0 saturated carbocycles. The number of carbonyl (C=O) groups excluding carboxylic acids is 1. The van der Waals surface area contributed by atoms with Gasteiger partial charge in [0.1, 0.15) is 12.1 Å². The minimum Gasteiger partial charge on any atom is -0.337 e. The third kappa shape index (κ3) is 4.12. The van der Waals surface area contributed by atoms with Crippen molar-refractivity contribution in [2.75, 3.05) is 6.54 Å². The lowest BCUT2D eigenvalue weighted by Crippen LogP contribution is -2.36. The molecule has 0 spiro atoms. The zero-order valence-corrected chi connectivity index (χ0v) is 17.7. The number of fused-ring (bicyclic) bond motifs is 1. The van der Waals surface area contributed by atoms with Crippen LogP contribution < -0.4 is 5.69 Å². The van der Waals surface area contributed by atoms with Crippen molar-refractivity contribution in [1.82, 2.24) is 24.0 Å². The van der Waals surface area contributed by atoms with Crippen molar-refractivity contribution in [2.45, 2.75) is 33.5 Å². The quantitative estimate of drug-likeness (QED) is 0.464. The molecule has 4 aromatic rings. The second kappa shape index (κ2) is 8.95. The van der Waals surface area contributed by atoms with Crippen LogP contribution in [0, 0.1) is 0 Å². The molecule has 2 aromatic heterocycles. The Balaban J connectivity index is 1.71. The number of aromatic nitrogens is 4. The van der Waals surface area contributed by atoms with Gasteiger partial charge >= 0.3 is 5.69 Å². The van der Waals surface area contributed by atoms with Gasteiger partial charge in [-0.15, -0.1) is 0 Å². The molecule has 0 fully saturated rings. The van der Waals surface area contributed by atoms with Gasteiger partial charge in [0.25, 0.3) is 0 Å². The van der Waals surface area contributed by atoms with Crippen molar-refractivity contribution in [1.29, 1.82) is 0 Å². The number of hydrogen-bond acceptors (Lipinski definition) is 4. The highest BCUT2D eigenvalue weighted by Gasteiger charge is 2.20. The maximum atomic E-state index is 13.1. The van der Waals surface area contributed by atoms with Gasteiger partial charge in [-0.25, -0.2) is 14.8 Å². The van der Waals surface area contributed by atoms with Gasteiger partial charge in [-0.1, -0.05) is 60.7 Å². The van der Waals surface area contributed by atoms with Gasteiger partial charge in [0.2, 0.25) is 5.91 Å². The summed E-state index contributed by atoms with van der Waals surface area (Å²) in [6.45, 7) is 5.31. The van der Waals surface area contributed by atoms with Gasteiger partial charge in [-0.05, 0) is 19.4 Å². The molecule has 31 heavy (non-hydrogen) atoms. The van der Waals surface area contributed by atoms with E-state index >= 15 is 0 Å². The molecule has 2 heterocycles. The van der Waals surface area contributed by atoms with Crippen LogP contribution in [0.2, 0.25) is 0 Å². The van der Waals surface area contributed by atoms with Crippen molar-refractivity contribution in [3.63, 3.8) is 0 Å². The lowest BCUT2D eigenvalue weighted by atomic mass is 10.2. The first-order chi connectivity index (χ1) is 15.1. The average Bonchev–Trinajstić information content (AvgIpc) is 3.08. The Labute approximate surface area is 180 Å². The SMILES string of the molecule is CCN(Cc1ccccc1)C(=O)Cn1c(=O)n(CC)c2cnc(-c3ccccc3)nc21. The number of nitrogens with zero attached hydrogens (tertiary/aromatic N) is 5. The summed E-state index contributed by atoms with van der Waals surface area (Å²) in [6.07, 6.45) is 1.66. The standard InChI is InChI=1S/C24H25N5O2/c1-3-27(16-18-11-7-5-8-12-18)21(30)17-29-23-20(28(4-2)24(29)31)15-25-22(26-23)19-13-9-6-10-14-19/h5-15H,3-4,16-17H2,1-2H3. The Morgan fingerprint density at radius 1 is 0.968 bits per heavy atom. The molecular formula is C24H25N5O2. The summed E-state index contributed by atoms with van der Waals surface area (Å²) in [5.41, 5.74) is 2.77. The summed E-state index contributed by atoms with van der Waals surface area (Å²) < 4.78 is 3.06. The smallest absolute Gasteiger partial charge is 0.330 e. The van der Waals surface area contributed by atoms with Crippen molar-refractivity contribution in [2.24, 2.45) is 0 Å². The van der Waals surface area contributed by atoms with Gasteiger partial charge in [-0.3, -0.25) is 13.9 Å². The van der Waals surface area contributed by atoms with E-state index in [0.717, 1.165) is 11.1 Å². The van der Waals surface area contributed by atoms with Crippen LogP contribution in [0.5, 0.6) is 0 Å². The molecule has 0 aliphatic heterocycles. The van der Waals surface area contributed by atoms with Crippen molar-refractivity contribution in [3.8, 4) is 11.4 Å². The minimum absolute atomic E-state index is 0.0613. The summed E-state index contributed by atoms with van der Waals surface area (Å²) in [4.78, 5) is 37.0. The maximum absolute atomic E-state index is 13.1. The van der Waals surface area contributed by atoms with E-state index in [-0.39, 0.29) is 18.1 Å².